The Bertz CT molecular complexity index is 925. The van der Waals surface area contributed by atoms with Crippen LogP contribution in [0.1, 0.15) is 62.1 Å². The van der Waals surface area contributed by atoms with Crippen molar-refractivity contribution in [1.82, 2.24) is 14.8 Å². The van der Waals surface area contributed by atoms with Crippen LogP contribution in [0.3, 0.4) is 0 Å². The summed E-state index contributed by atoms with van der Waals surface area (Å²) < 4.78 is 6.18. The SMILES string of the molecule is C/C=C(/c1ccnc(NC(C)=O)c1)c1oc(CN2CCN(C)CC2)cc1C(C)=O.CC. The van der Waals surface area contributed by atoms with Crippen molar-refractivity contribution in [3.8, 4) is 0 Å². The van der Waals surface area contributed by atoms with Crippen LogP contribution in [-0.2, 0) is 11.3 Å². The van der Waals surface area contributed by atoms with Crippen LogP contribution in [0, 0.1) is 0 Å². The predicted octanol–water partition coefficient (Wildman–Crippen LogP) is 4.06. The van der Waals surface area contributed by atoms with Gasteiger partial charge < -0.3 is 14.6 Å². The number of nitrogens with one attached hydrogen (secondary N) is 1. The third-order valence-electron chi connectivity index (χ3n) is 5.05. The van der Waals surface area contributed by atoms with Crippen molar-refractivity contribution in [2.24, 2.45) is 0 Å². The van der Waals surface area contributed by atoms with Gasteiger partial charge in [0, 0.05) is 44.9 Å². The minimum Gasteiger partial charge on any atom is -0.459 e. The van der Waals surface area contributed by atoms with Crippen LogP contribution in [0.4, 0.5) is 5.82 Å². The van der Waals surface area contributed by atoms with Gasteiger partial charge in [0.2, 0.25) is 5.91 Å². The first-order valence-electron chi connectivity index (χ1n) is 10.8. The molecule has 7 nitrogen and oxygen atoms in total. The molecule has 1 saturated heterocycles. The number of ketones is 1. The highest BCUT2D eigenvalue weighted by atomic mass is 16.3. The van der Waals surface area contributed by atoms with E-state index in [1.807, 2.05) is 39.0 Å². The number of piperazine rings is 1. The zero-order chi connectivity index (χ0) is 23.0. The van der Waals surface area contributed by atoms with E-state index in [-0.39, 0.29) is 11.7 Å². The summed E-state index contributed by atoms with van der Waals surface area (Å²) in [5.41, 5.74) is 2.20. The molecule has 1 aliphatic heterocycles. The van der Waals surface area contributed by atoms with E-state index < -0.39 is 0 Å². The van der Waals surface area contributed by atoms with Gasteiger partial charge in [0.05, 0.1) is 12.1 Å². The number of allylic oxidation sites excluding steroid dienone is 1. The fourth-order valence-corrected chi connectivity index (χ4v) is 3.48. The number of carbonyl (C=O) groups excluding carboxylic acids is 2. The van der Waals surface area contributed by atoms with Gasteiger partial charge in [0.1, 0.15) is 17.3 Å². The highest BCUT2D eigenvalue weighted by Crippen LogP contribution is 2.31. The van der Waals surface area contributed by atoms with Crippen LogP contribution in [0.15, 0.2) is 34.9 Å². The third-order valence-corrected chi connectivity index (χ3v) is 5.05. The van der Waals surface area contributed by atoms with Gasteiger partial charge in [-0.25, -0.2) is 4.98 Å². The summed E-state index contributed by atoms with van der Waals surface area (Å²) in [7, 11) is 2.12. The van der Waals surface area contributed by atoms with Crippen molar-refractivity contribution in [1.29, 1.82) is 0 Å². The maximum Gasteiger partial charge on any atom is 0.222 e. The summed E-state index contributed by atoms with van der Waals surface area (Å²) in [6.45, 7) is 13.6. The zero-order valence-electron chi connectivity index (χ0n) is 19.5. The molecule has 1 aliphatic rings. The van der Waals surface area contributed by atoms with Crippen LogP contribution in [-0.4, -0.2) is 59.7 Å². The number of likely N-dealkylation sites (N-methyl/N-ethyl adjacent to an activating group) is 1. The summed E-state index contributed by atoms with van der Waals surface area (Å²) in [5.74, 6) is 1.58. The Morgan fingerprint density at radius 3 is 2.42 bits per heavy atom. The van der Waals surface area contributed by atoms with Gasteiger partial charge in [0.25, 0.3) is 0 Å². The largest absolute Gasteiger partial charge is 0.459 e. The van der Waals surface area contributed by atoms with E-state index >= 15 is 0 Å². The lowest BCUT2D eigenvalue weighted by Gasteiger charge is -2.31. The van der Waals surface area contributed by atoms with Crippen molar-refractivity contribution in [2.75, 3.05) is 38.5 Å². The standard InChI is InChI=1S/C22H28N4O3.C2H6/c1-5-19(17-6-7-23-21(12-17)24-16(3)28)22-20(15(2)27)13-18(29-22)14-26-10-8-25(4)9-11-26;1-2/h5-7,12-13H,8-11,14H2,1-4H3,(H,23,24,28);1-2H3/b19-5-;. The van der Waals surface area contributed by atoms with E-state index in [0.29, 0.717) is 23.7 Å². The summed E-state index contributed by atoms with van der Waals surface area (Å²) in [5, 5.41) is 2.69. The van der Waals surface area contributed by atoms with Crippen LogP contribution in [0.25, 0.3) is 5.57 Å². The highest BCUT2D eigenvalue weighted by molar-refractivity contribution is 6.00. The highest BCUT2D eigenvalue weighted by Gasteiger charge is 2.22. The first-order valence-corrected chi connectivity index (χ1v) is 10.8. The predicted molar refractivity (Wildman–Crippen MR) is 124 cm³/mol. The molecule has 1 N–H and O–H groups in total. The molecule has 3 heterocycles. The van der Waals surface area contributed by atoms with E-state index in [1.54, 1.807) is 19.2 Å². The Kier molecular flexibility index (Phi) is 9.15. The van der Waals surface area contributed by atoms with E-state index in [1.165, 1.54) is 6.92 Å². The van der Waals surface area contributed by atoms with Gasteiger partial charge in [-0.3, -0.25) is 14.5 Å². The summed E-state index contributed by atoms with van der Waals surface area (Å²) in [6.07, 6.45) is 3.55. The molecule has 0 unspecified atom stereocenters. The van der Waals surface area contributed by atoms with Gasteiger partial charge >= 0.3 is 0 Å². The molecular formula is C24H34N4O3. The molecule has 1 amide bonds. The lowest BCUT2D eigenvalue weighted by Crippen LogP contribution is -2.43. The maximum atomic E-state index is 12.3. The number of anilines is 1. The van der Waals surface area contributed by atoms with Gasteiger partial charge in [-0.15, -0.1) is 0 Å². The lowest BCUT2D eigenvalue weighted by atomic mass is 10.00. The monoisotopic (exact) mass is 426 g/mol. The second-order valence-electron chi connectivity index (χ2n) is 7.40. The number of amides is 1. The molecule has 0 spiro atoms. The van der Waals surface area contributed by atoms with E-state index in [2.05, 4.69) is 27.1 Å². The number of hydrogen-bond acceptors (Lipinski definition) is 6. The Hall–Kier alpha value is -2.77. The molecule has 0 aliphatic carbocycles. The fourth-order valence-electron chi connectivity index (χ4n) is 3.48. The van der Waals surface area contributed by atoms with Crippen molar-refractivity contribution in [3.05, 3.63) is 53.1 Å². The second kappa shape index (κ2) is 11.6. The smallest absolute Gasteiger partial charge is 0.222 e. The molecule has 31 heavy (non-hydrogen) atoms. The van der Waals surface area contributed by atoms with E-state index in [0.717, 1.165) is 43.1 Å². The number of pyridine rings is 1. The maximum absolute atomic E-state index is 12.3. The van der Waals surface area contributed by atoms with Crippen molar-refractivity contribution < 1.29 is 14.0 Å². The van der Waals surface area contributed by atoms with Gasteiger partial charge in [-0.2, -0.15) is 0 Å². The Labute approximate surface area is 185 Å². The average molecular weight is 427 g/mol. The number of Topliss-reactive ketones (excluding diaryl/α,β-unsaturated/α-hetero) is 1. The molecule has 3 rings (SSSR count). The lowest BCUT2D eigenvalue weighted by molar-refractivity contribution is -0.114. The molecule has 0 bridgehead atoms. The molecule has 7 heteroatoms. The molecule has 1 fully saturated rings. The average Bonchev–Trinajstić information content (AvgIpc) is 3.15. The van der Waals surface area contributed by atoms with Gasteiger partial charge in [-0.05, 0) is 44.7 Å². The minimum absolute atomic E-state index is 0.0381. The van der Waals surface area contributed by atoms with Crippen LogP contribution in [0.5, 0.6) is 0 Å². The Morgan fingerprint density at radius 2 is 1.84 bits per heavy atom. The van der Waals surface area contributed by atoms with E-state index in [9.17, 15) is 9.59 Å². The number of furan rings is 1. The molecule has 2 aromatic rings. The van der Waals surface area contributed by atoms with Gasteiger partial charge in [0.15, 0.2) is 5.78 Å². The number of carbonyl (C=O) groups is 2. The Morgan fingerprint density at radius 1 is 1.16 bits per heavy atom. The van der Waals surface area contributed by atoms with Crippen molar-refractivity contribution in [3.63, 3.8) is 0 Å². The molecule has 0 saturated carbocycles. The molecule has 0 aromatic carbocycles. The van der Waals surface area contributed by atoms with Crippen molar-refractivity contribution in [2.45, 2.75) is 41.2 Å². The quantitative estimate of drug-likeness (QED) is 0.702. The first kappa shape index (κ1) is 24.5. The molecule has 168 valence electrons. The van der Waals surface area contributed by atoms with Gasteiger partial charge in [-0.1, -0.05) is 19.9 Å². The summed E-state index contributed by atoms with van der Waals surface area (Å²) in [4.78, 5) is 32.5. The minimum atomic E-state index is -0.187. The van der Waals surface area contributed by atoms with Crippen LogP contribution < -0.4 is 5.32 Å². The molecule has 0 atom stereocenters. The fraction of sp³-hybridized carbons (Fsp3) is 0.458. The molecule has 0 radical (unpaired) electrons. The molecular weight excluding hydrogens is 392 g/mol. The van der Waals surface area contributed by atoms with Crippen molar-refractivity contribution >= 4 is 23.1 Å². The zero-order valence-corrected chi connectivity index (χ0v) is 19.5. The topological polar surface area (TPSA) is 78.7 Å². The summed E-state index contributed by atoms with van der Waals surface area (Å²) >= 11 is 0. The summed E-state index contributed by atoms with van der Waals surface area (Å²) in [6, 6.07) is 5.48. The third kappa shape index (κ3) is 6.60. The number of rotatable bonds is 6. The number of aromatic nitrogens is 1. The number of hydrogen-bond donors (Lipinski definition) is 1. The number of nitrogens with zero attached hydrogens (tertiary/aromatic N) is 3. The van der Waals surface area contributed by atoms with Crippen LogP contribution >= 0.6 is 0 Å². The van der Waals surface area contributed by atoms with Crippen LogP contribution in [0.2, 0.25) is 0 Å². The Balaban J connectivity index is 0.00000166. The second-order valence-corrected chi connectivity index (χ2v) is 7.40. The first-order chi connectivity index (χ1) is 14.9. The van der Waals surface area contributed by atoms with E-state index in [4.69, 9.17) is 4.42 Å². The normalized spacial score (nSPS) is 15.2. The molecule has 2 aromatic heterocycles.